The van der Waals surface area contributed by atoms with E-state index in [4.69, 9.17) is 10.5 Å². The Labute approximate surface area is 162 Å². The van der Waals surface area contributed by atoms with Crippen LogP contribution in [-0.4, -0.2) is 18.4 Å². The SMILES string of the molecule is C[C@@H]1CCc2c(sc(NC(=O)COc3ccc4c(c3)CCC4)c2C(N)=O)C1. The van der Waals surface area contributed by atoms with Gasteiger partial charge in [0.25, 0.3) is 11.8 Å². The lowest BCUT2D eigenvalue weighted by atomic mass is 9.88. The number of hydrogen-bond acceptors (Lipinski definition) is 4. The first-order valence-corrected chi connectivity index (χ1v) is 10.3. The summed E-state index contributed by atoms with van der Waals surface area (Å²) in [5, 5.41) is 3.40. The van der Waals surface area contributed by atoms with Crippen LogP contribution in [0.1, 0.15) is 51.7 Å². The molecule has 6 heteroatoms. The van der Waals surface area contributed by atoms with Crippen molar-refractivity contribution in [2.24, 2.45) is 11.7 Å². The molecule has 0 fully saturated rings. The van der Waals surface area contributed by atoms with Gasteiger partial charge in [-0.3, -0.25) is 9.59 Å². The minimum atomic E-state index is -0.475. The smallest absolute Gasteiger partial charge is 0.262 e. The van der Waals surface area contributed by atoms with Gasteiger partial charge in [0.2, 0.25) is 0 Å². The number of aryl methyl sites for hydroxylation is 2. The summed E-state index contributed by atoms with van der Waals surface area (Å²) in [6, 6.07) is 6.02. The molecule has 3 N–H and O–H groups in total. The molecule has 0 aliphatic heterocycles. The van der Waals surface area contributed by atoms with Gasteiger partial charge < -0.3 is 15.8 Å². The molecule has 4 rings (SSSR count). The van der Waals surface area contributed by atoms with Gasteiger partial charge >= 0.3 is 0 Å². The van der Waals surface area contributed by atoms with E-state index in [9.17, 15) is 9.59 Å². The van der Waals surface area contributed by atoms with Crippen LogP contribution in [-0.2, 0) is 30.5 Å². The van der Waals surface area contributed by atoms with Crippen molar-refractivity contribution in [1.82, 2.24) is 0 Å². The van der Waals surface area contributed by atoms with Crippen LogP contribution in [0.3, 0.4) is 0 Å². The first kappa shape index (κ1) is 18.0. The molecule has 2 aromatic rings. The van der Waals surface area contributed by atoms with Crippen molar-refractivity contribution in [2.45, 2.75) is 45.4 Å². The molecule has 1 aromatic carbocycles. The second kappa shape index (κ2) is 7.35. The lowest BCUT2D eigenvalue weighted by Crippen LogP contribution is -2.22. The van der Waals surface area contributed by atoms with Crippen molar-refractivity contribution in [3.63, 3.8) is 0 Å². The van der Waals surface area contributed by atoms with Gasteiger partial charge in [0, 0.05) is 4.88 Å². The number of anilines is 1. The van der Waals surface area contributed by atoms with Crippen molar-refractivity contribution in [3.8, 4) is 5.75 Å². The zero-order valence-corrected chi connectivity index (χ0v) is 16.3. The van der Waals surface area contributed by atoms with Crippen LogP contribution in [0.5, 0.6) is 5.75 Å². The van der Waals surface area contributed by atoms with Crippen molar-refractivity contribution < 1.29 is 14.3 Å². The van der Waals surface area contributed by atoms with Crippen LogP contribution in [0.2, 0.25) is 0 Å². The molecular formula is C21H24N2O3S. The Morgan fingerprint density at radius 3 is 2.89 bits per heavy atom. The summed E-state index contributed by atoms with van der Waals surface area (Å²) in [5.41, 5.74) is 9.77. The first-order valence-electron chi connectivity index (χ1n) is 9.50. The van der Waals surface area contributed by atoms with Gasteiger partial charge in [0.15, 0.2) is 6.61 Å². The molecule has 27 heavy (non-hydrogen) atoms. The molecule has 1 atom stereocenters. The molecule has 5 nitrogen and oxygen atoms in total. The topological polar surface area (TPSA) is 81.4 Å². The fourth-order valence-electron chi connectivity index (χ4n) is 4.05. The minimum absolute atomic E-state index is 0.0873. The van der Waals surface area contributed by atoms with Crippen molar-refractivity contribution in [1.29, 1.82) is 0 Å². The normalized spacial score (nSPS) is 17.9. The molecule has 0 radical (unpaired) electrons. The number of benzene rings is 1. The molecular weight excluding hydrogens is 360 g/mol. The fraction of sp³-hybridized carbons (Fsp3) is 0.429. The Morgan fingerprint density at radius 1 is 1.26 bits per heavy atom. The monoisotopic (exact) mass is 384 g/mol. The van der Waals surface area contributed by atoms with E-state index in [1.807, 2.05) is 12.1 Å². The highest BCUT2D eigenvalue weighted by molar-refractivity contribution is 7.17. The van der Waals surface area contributed by atoms with Crippen molar-refractivity contribution in [2.75, 3.05) is 11.9 Å². The van der Waals surface area contributed by atoms with E-state index in [2.05, 4.69) is 18.3 Å². The first-order chi connectivity index (χ1) is 13.0. The largest absolute Gasteiger partial charge is 0.484 e. The second-order valence-corrected chi connectivity index (χ2v) is 8.65. The lowest BCUT2D eigenvalue weighted by molar-refractivity contribution is -0.118. The van der Waals surface area contributed by atoms with E-state index >= 15 is 0 Å². The Bertz CT molecular complexity index is 903. The highest BCUT2D eigenvalue weighted by Crippen LogP contribution is 2.39. The third kappa shape index (κ3) is 3.72. The van der Waals surface area contributed by atoms with Crippen LogP contribution in [0.4, 0.5) is 5.00 Å². The average Bonchev–Trinajstić information content (AvgIpc) is 3.22. The number of ether oxygens (including phenoxy) is 1. The number of thiophene rings is 1. The van der Waals surface area contributed by atoms with E-state index < -0.39 is 5.91 Å². The van der Waals surface area contributed by atoms with Gasteiger partial charge in [0.05, 0.1) is 5.56 Å². The number of fused-ring (bicyclic) bond motifs is 2. The molecule has 142 valence electrons. The van der Waals surface area contributed by atoms with E-state index in [-0.39, 0.29) is 12.5 Å². The summed E-state index contributed by atoms with van der Waals surface area (Å²) >= 11 is 1.47. The second-order valence-electron chi connectivity index (χ2n) is 7.54. The summed E-state index contributed by atoms with van der Waals surface area (Å²) in [5.74, 6) is 0.547. The number of primary amides is 1. The molecule has 0 saturated carbocycles. The van der Waals surface area contributed by atoms with Crippen LogP contribution < -0.4 is 15.8 Å². The molecule has 1 heterocycles. The maximum atomic E-state index is 12.4. The predicted octanol–water partition coefficient (Wildman–Crippen LogP) is 3.48. The lowest BCUT2D eigenvalue weighted by Gasteiger charge is -2.18. The summed E-state index contributed by atoms with van der Waals surface area (Å²) in [6.45, 7) is 2.12. The third-order valence-electron chi connectivity index (χ3n) is 5.45. The zero-order chi connectivity index (χ0) is 19.0. The van der Waals surface area contributed by atoms with Crippen molar-refractivity contribution in [3.05, 3.63) is 45.3 Å². The Morgan fingerprint density at radius 2 is 2.07 bits per heavy atom. The maximum Gasteiger partial charge on any atom is 0.262 e. The number of carbonyl (C=O) groups is 2. The van der Waals surface area contributed by atoms with E-state index in [1.54, 1.807) is 0 Å². The van der Waals surface area contributed by atoms with Crippen LogP contribution in [0, 0.1) is 5.92 Å². The molecule has 2 aliphatic carbocycles. The van der Waals surface area contributed by atoms with Crippen LogP contribution in [0.15, 0.2) is 18.2 Å². The summed E-state index contributed by atoms with van der Waals surface area (Å²) < 4.78 is 5.66. The Kier molecular flexibility index (Phi) is 4.91. The number of amides is 2. The number of nitrogens with one attached hydrogen (secondary N) is 1. The minimum Gasteiger partial charge on any atom is -0.484 e. The number of nitrogens with two attached hydrogens (primary N) is 1. The Hall–Kier alpha value is -2.34. The molecule has 1 aromatic heterocycles. The highest BCUT2D eigenvalue weighted by Gasteiger charge is 2.27. The highest BCUT2D eigenvalue weighted by atomic mass is 32.1. The van der Waals surface area contributed by atoms with Gasteiger partial charge in [-0.25, -0.2) is 0 Å². The van der Waals surface area contributed by atoms with E-state index in [0.29, 0.717) is 22.2 Å². The molecule has 0 bridgehead atoms. The Balaban J connectivity index is 1.44. The van der Waals surface area contributed by atoms with E-state index in [1.165, 1.54) is 28.9 Å². The third-order valence-corrected chi connectivity index (χ3v) is 6.62. The maximum absolute atomic E-state index is 12.4. The summed E-state index contributed by atoms with van der Waals surface area (Å²) in [6.07, 6.45) is 6.18. The fourth-order valence-corrected chi connectivity index (χ4v) is 5.48. The van der Waals surface area contributed by atoms with Crippen LogP contribution >= 0.6 is 11.3 Å². The molecule has 0 saturated heterocycles. The standard InChI is InChI=1S/C21H24N2O3S/c1-12-5-8-16-17(9-12)27-21(19(16)20(22)25)23-18(24)11-26-15-7-6-13-3-2-4-14(13)10-15/h6-7,10,12H,2-5,8-9,11H2,1H3,(H2,22,25)(H,23,24)/t12-/m1/s1. The number of hydrogen-bond donors (Lipinski definition) is 2. The molecule has 0 spiro atoms. The van der Waals surface area contributed by atoms with Gasteiger partial charge in [-0.15, -0.1) is 11.3 Å². The average molecular weight is 385 g/mol. The predicted molar refractivity (Wildman–Crippen MR) is 107 cm³/mol. The number of rotatable bonds is 5. The van der Waals surface area contributed by atoms with Gasteiger partial charge in [-0.1, -0.05) is 13.0 Å². The summed E-state index contributed by atoms with van der Waals surface area (Å²) in [4.78, 5) is 25.5. The van der Waals surface area contributed by atoms with Crippen LogP contribution in [0.25, 0.3) is 0 Å². The molecule has 2 aliphatic rings. The van der Waals surface area contributed by atoms with Gasteiger partial charge in [0.1, 0.15) is 10.8 Å². The van der Waals surface area contributed by atoms with Gasteiger partial charge in [-0.05, 0) is 73.3 Å². The van der Waals surface area contributed by atoms with Crippen molar-refractivity contribution >= 4 is 28.2 Å². The quantitative estimate of drug-likeness (QED) is 0.828. The molecule has 0 unspecified atom stereocenters. The zero-order valence-electron chi connectivity index (χ0n) is 15.5. The van der Waals surface area contributed by atoms with E-state index in [0.717, 1.165) is 42.5 Å². The number of carbonyl (C=O) groups excluding carboxylic acids is 2. The molecule has 2 amide bonds. The summed E-state index contributed by atoms with van der Waals surface area (Å²) in [7, 11) is 0. The van der Waals surface area contributed by atoms with Gasteiger partial charge in [-0.2, -0.15) is 0 Å².